The van der Waals surface area contributed by atoms with Crippen LogP contribution in [0.3, 0.4) is 0 Å². The summed E-state index contributed by atoms with van der Waals surface area (Å²) in [6.07, 6.45) is 10.7. The van der Waals surface area contributed by atoms with Gasteiger partial charge in [-0.05, 0) is 75.1 Å². The molecule has 1 aliphatic carbocycles. The number of benzene rings is 1. The minimum absolute atomic E-state index is 0.0919. The fourth-order valence-corrected chi connectivity index (χ4v) is 5.16. The van der Waals surface area contributed by atoms with Crippen molar-refractivity contribution in [2.45, 2.75) is 103 Å². The van der Waals surface area contributed by atoms with E-state index in [9.17, 15) is 4.79 Å². The van der Waals surface area contributed by atoms with E-state index in [1.807, 2.05) is 0 Å². The maximum Gasteiger partial charge on any atom is 0.192 e. The number of hydrogen-bond donors (Lipinski definition) is 0. The van der Waals surface area contributed by atoms with Gasteiger partial charge in [-0.3, -0.25) is 4.79 Å². The van der Waals surface area contributed by atoms with Gasteiger partial charge in [0, 0.05) is 12.8 Å². The predicted molar refractivity (Wildman–Crippen MR) is 127 cm³/mol. The SMILES string of the molecule is C/C(=C\C(O[Si](C)(C)C(C)(C)C)C1CCCC(=O)C1)CCCCc1ccccc1. The first-order valence-electron chi connectivity index (χ1n) is 11.5. The van der Waals surface area contributed by atoms with Crippen molar-refractivity contribution in [2.24, 2.45) is 5.92 Å². The molecule has 2 rings (SSSR count). The molecule has 2 nitrogen and oxygen atoms in total. The van der Waals surface area contributed by atoms with Crippen LogP contribution < -0.4 is 0 Å². The van der Waals surface area contributed by atoms with E-state index < -0.39 is 8.32 Å². The summed E-state index contributed by atoms with van der Waals surface area (Å²) in [5.41, 5.74) is 2.84. The van der Waals surface area contributed by atoms with Crippen molar-refractivity contribution in [3.05, 3.63) is 47.5 Å². The summed E-state index contributed by atoms with van der Waals surface area (Å²) in [4.78, 5) is 12.1. The van der Waals surface area contributed by atoms with Gasteiger partial charge in [0.25, 0.3) is 0 Å². The molecule has 162 valence electrons. The van der Waals surface area contributed by atoms with Crippen LogP contribution in [0, 0.1) is 5.92 Å². The highest BCUT2D eigenvalue weighted by Crippen LogP contribution is 2.40. The monoisotopic (exact) mass is 414 g/mol. The van der Waals surface area contributed by atoms with Gasteiger partial charge in [0.05, 0.1) is 6.10 Å². The van der Waals surface area contributed by atoms with Crippen molar-refractivity contribution >= 4 is 14.1 Å². The van der Waals surface area contributed by atoms with Crippen molar-refractivity contribution in [2.75, 3.05) is 0 Å². The van der Waals surface area contributed by atoms with Crippen molar-refractivity contribution in [3.63, 3.8) is 0 Å². The molecule has 0 heterocycles. The first-order valence-corrected chi connectivity index (χ1v) is 14.4. The van der Waals surface area contributed by atoms with Gasteiger partial charge < -0.3 is 4.43 Å². The molecule has 0 amide bonds. The molecule has 1 aromatic rings. The number of Topliss-reactive ketones (excluding diaryl/α,β-unsaturated/α-hetero) is 1. The molecule has 1 aromatic carbocycles. The third-order valence-corrected chi connectivity index (χ3v) is 11.3. The summed E-state index contributed by atoms with van der Waals surface area (Å²) in [5.74, 6) is 0.767. The van der Waals surface area contributed by atoms with Gasteiger partial charge in [-0.2, -0.15) is 0 Å². The third kappa shape index (κ3) is 7.86. The molecule has 0 radical (unpaired) electrons. The number of carbonyl (C=O) groups excluding carboxylic acids is 1. The molecule has 1 aliphatic rings. The van der Waals surface area contributed by atoms with Crippen LogP contribution in [0.15, 0.2) is 42.0 Å². The average molecular weight is 415 g/mol. The molecular weight excluding hydrogens is 372 g/mol. The summed E-state index contributed by atoms with van der Waals surface area (Å²) in [5, 5.41) is 0.182. The van der Waals surface area contributed by atoms with Crippen LogP contribution in [0.1, 0.15) is 78.2 Å². The van der Waals surface area contributed by atoms with E-state index in [4.69, 9.17) is 4.43 Å². The molecule has 0 saturated heterocycles. The second-order valence-corrected chi connectivity index (χ2v) is 15.2. The molecule has 0 bridgehead atoms. The fraction of sp³-hybridized carbons (Fsp3) is 0.654. The number of aryl methyl sites for hydroxylation is 1. The highest BCUT2D eigenvalue weighted by molar-refractivity contribution is 6.74. The van der Waals surface area contributed by atoms with E-state index in [2.05, 4.69) is 77.2 Å². The predicted octanol–water partition coefficient (Wildman–Crippen LogP) is 7.50. The molecular formula is C26H42O2Si. The molecule has 2 unspecified atom stereocenters. The lowest BCUT2D eigenvalue weighted by Gasteiger charge is -2.41. The van der Waals surface area contributed by atoms with E-state index in [1.54, 1.807) is 0 Å². The minimum Gasteiger partial charge on any atom is -0.410 e. The number of ketones is 1. The van der Waals surface area contributed by atoms with Gasteiger partial charge >= 0.3 is 0 Å². The van der Waals surface area contributed by atoms with Crippen LogP contribution in [0.2, 0.25) is 18.1 Å². The van der Waals surface area contributed by atoms with Gasteiger partial charge in [-0.15, -0.1) is 0 Å². The van der Waals surface area contributed by atoms with E-state index in [0.717, 1.165) is 32.1 Å². The van der Waals surface area contributed by atoms with Crippen molar-refractivity contribution in [3.8, 4) is 0 Å². The van der Waals surface area contributed by atoms with Crippen LogP contribution in [-0.4, -0.2) is 20.2 Å². The largest absolute Gasteiger partial charge is 0.410 e. The Labute approximate surface area is 180 Å². The molecule has 1 fully saturated rings. The Balaban J connectivity index is 1.99. The first-order chi connectivity index (χ1) is 13.6. The summed E-state index contributed by atoms with van der Waals surface area (Å²) >= 11 is 0. The van der Waals surface area contributed by atoms with Gasteiger partial charge in [-0.1, -0.05) is 62.8 Å². The van der Waals surface area contributed by atoms with Crippen molar-refractivity contribution < 1.29 is 9.22 Å². The maximum atomic E-state index is 12.1. The molecule has 0 spiro atoms. The molecule has 3 heteroatoms. The normalized spacial score (nSPS) is 20.0. The van der Waals surface area contributed by atoms with Crippen LogP contribution in [-0.2, 0) is 15.6 Å². The summed E-state index contributed by atoms with van der Waals surface area (Å²) < 4.78 is 6.85. The Hall–Kier alpha value is -1.19. The quantitative estimate of drug-likeness (QED) is 0.237. The summed E-state index contributed by atoms with van der Waals surface area (Å²) in [7, 11) is -1.88. The Morgan fingerprint density at radius 3 is 2.52 bits per heavy atom. The van der Waals surface area contributed by atoms with E-state index in [0.29, 0.717) is 18.1 Å². The second kappa shape index (κ2) is 10.7. The summed E-state index contributed by atoms with van der Waals surface area (Å²) in [6.45, 7) is 13.8. The van der Waals surface area contributed by atoms with Crippen LogP contribution >= 0.6 is 0 Å². The van der Waals surface area contributed by atoms with Crippen molar-refractivity contribution in [1.82, 2.24) is 0 Å². The highest BCUT2D eigenvalue weighted by Gasteiger charge is 2.40. The van der Waals surface area contributed by atoms with Crippen LogP contribution in [0.25, 0.3) is 0 Å². The smallest absolute Gasteiger partial charge is 0.192 e. The highest BCUT2D eigenvalue weighted by atomic mass is 28.4. The van der Waals surface area contributed by atoms with Crippen LogP contribution in [0.5, 0.6) is 0 Å². The standard InChI is InChI=1S/C26H42O2Si/c1-21(13-10-11-16-22-14-8-7-9-15-22)19-25(23-17-12-18-24(27)20-23)28-29(5,6)26(2,3)4/h7-9,14-15,19,23,25H,10-13,16-18,20H2,1-6H3/b21-19+. The Kier molecular flexibility index (Phi) is 8.90. The molecule has 0 N–H and O–H groups in total. The Morgan fingerprint density at radius 2 is 1.90 bits per heavy atom. The van der Waals surface area contributed by atoms with Crippen molar-refractivity contribution in [1.29, 1.82) is 0 Å². The fourth-order valence-electron chi connectivity index (χ4n) is 3.86. The van der Waals surface area contributed by atoms with Gasteiger partial charge in [0.15, 0.2) is 8.32 Å². The zero-order valence-electron chi connectivity index (χ0n) is 19.6. The Bertz CT molecular complexity index is 670. The zero-order chi connectivity index (χ0) is 21.5. The molecule has 29 heavy (non-hydrogen) atoms. The topological polar surface area (TPSA) is 26.3 Å². The molecule has 2 atom stereocenters. The molecule has 1 saturated carbocycles. The minimum atomic E-state index is -1.88. The number of hydrogen-bond acceptors (Lipinski definition) is 2. The maximum absolute atomic E-state index is 12.1. The third-order valence-electron chi connectivity index (χ3n) is 6.80. The second-order valence-electron chi connectivity index (χ2n) is 10.4. The lowest BCUT2D eigenvalue weighted by molar-refractivity contribution is -0.122. The lowest BCUT2D eigenvalue weighted by atomic mass is 9.84. The van der Waals surface area contributed by atoms with Gasteiger partial charge in [0.2, 0.25) is 0 Å². The number of carbonyl (C=O) groups is 1. The number of rotatable bonds is 9. The zero-order valence-corrected chi connectivity index (χ0v) is 20.6. The van der Waals surface area contributed by atoms with E-state index in [-0.39, 0.29) is 11.1 Å². The first kappa shape index (κ1) is 24.1. The van der Waals surface area contributed by atoms with E-state index >= 15 is 0 Å². The van der Waals surface area contributed by atoms with E-state index in [1.165, 1.54) is 24.0 Å². The molecule has 0 aliphatic heterocycles. The number of allylic oxidation sites excluding steroid dienone is 1. The molecule has 0 aromatic heterocycles. The van der Waals surface area contributed by atoms with Gasteiger partial charge in [0.1, 0.15) is 5.78 Å². The lowest BCUT2D eigenvalue weighted by Crippen LogP contribution is -2.46. The summed E-state index contributed by atoms with van der Waals surface area (Å²) in [6, 6.07) is 10.7. The number of unbranched alkanes of at least 4 members (excludes halogenated alkanes) is 1. The van der Waals surface area contributed by atoms with Crippen LogP contribution in [0.4, 0.5) is 0 Å². The average Bonchev–Trinajstić information content (AvgIpc) is 2.64. The van der Waals surface area contributed by atoms with Gasteiger partial charge in [-0.25, -0.2) is 0 Å². The Morgan fingerprint density at radius 1 is 1.21 bits per heavy atom.